The maximum atomic E-state index is 10.9. The standard InChI is InChI=1S/C5H12ClNO3S/c1-10-4-5-11(8,9)7-3-2-6/h7H,2-5H2,1H3. The molecule has 68 valence electrons. The van der Waals surface area contributed by atoms with Gasteiger partial charge in [-0.2, -0.15) is 0 Å². The minimum absolute atomic E-state index is 0.0135. The van der Waals surface area contributed by atoms with Gasteiger partial charge in [-0.05, 0) is 0 Å². The lowest BCUT2D eigenvalue weighted by molar-refractivity contribution is 0.217. The summed E-state index contributed by atoms with van der Waals surface area (Å²) in [5.41, 5.74) is 0. The fourth-order valence-corrected chi connectivity index (χ4v) is 1.61. The van der Waals surface area contributed by atoms with Crippen molar-refractivity contribution in [2.75, 3.05) is 31.9 Å². The van der Waals surface area contributed by atoms with Gasteiger partial charge in [0.2, 0.25) is 10.0 Å². The molecule has 6 heteroatoms. The van der Waals surface area contributed by atoms with Gasteiger partial charge in [0.1, 0.15) is 0 Å². The summed E-state index contributed by atoms with van der Waals surface area (Å²) in [4.78, 5) is 0. The smallest absolute Gasteiger partial charge is 0.213 e. The first-order chi connectivity index (χ1) is 5.12. The number of nitrogens with one attached hydrogen (secondary N) is 1. The zero-order valence-electron chi connectivity index (χ0n) is 6.34. The predicted molar refractivity (Wildman–Crippen MR) is 44.4 cm³/mol. The molecule has 0 unspecified atom stereocenters. The molecular weight excluding hydrogens is 190 g/mol. The largest absolute Gasteiger partial charge is 0.384 e. The third-order valence-electron chi connectivity index (χ3n) is 0.973. The van der Waals surface area contributed by atoms with Crippen molar-refractivity contribution in [3.05, 3.63) is 0 Å². The third kappa shape index (κ3) is 6.55. The van der Waals surface area contributed by atoms with Crippen LogP contribution in [0.5, 0.6) is 0 Å². The summed E-state index contributed by atoms with van der Waals surface area (Å²) in [5, 5.41) is 0. The van der Waals surface area contributed by atoms with Crippen molar-refractivity contribution in [3.63, 3.8) is 0 Å². The molecule has 1 N–H and O–H groups in total. The molecule has 0 atom stereocenters. The van der Waals surface area contributed by atoms with Crippen LogP contribution in [0.3, 0.4) is 0 Å². The van der Waals surface area contributed by atoms with E-state index in [-0.39, 0.29) is 24.8 Å². The molecule has 0 aromatic rings. The first-order valence-electron chi connectivity index (χ1n) is 3.14. The predicted octanol–water partition coefficient (Wildman–Crippen LogP) is -0.209. The molecule has 0 rings (SSSR count). The van der Waals surface area contributed by atoms with Gasteiger partial charge in [-0.25, -0.2) is 13.1 Å². The Morgan fingerprint density at radius 2 is 2.18 bits per heavy atom. The minimum Gasteiger partial charge on any atom is -0.384 e. The normalized spacial score (nSPS) is 11.8. The van der Waals surface area contributed by atoms with E-state index in [9.17, 15) is 8.42 Å². The van der Waals surface area contributed by atoms with Gasteiger partial charge in [-0.3, -0.25) is 0 Å². The van der Waals surface area contributed by atoms with Gasteiger partial charge in [0.05, 0.1) is 12.4 Å². The lowest BCUT2D eigenvalue weighted by atomic mass is 10.8. The summed E-state index contributed by atoms with van der Waals surface area (Å²) in [7, 11) is -1.71. The Labute approximate surface area is 71.9 Å². The van der Waals surface area contributed by atoms with Gasteiger partial charge in [-0.15, -0.1) is 11.6 Å². The number of sulfonamides is 1. The van der Waals surface area contributed by atoms with Crippen LogP contribution in [0.15, 0.2) is 0 Å². The lowest BCUT2D eigenvalue weighted by Crippen LogP contribution is -2.29. The van der Waals surface area contributed by atoms with E-state index in [0.29, 0.717) is 0 Å². The van der Waals surface area contributed by atoms with Crippen LogP contribution < -0.4 is 4.72 Å². The van der Waals surface area contributed by atoms with Crippen LogP contribution in [0.25, 0.3) is 0 Å². The third-order valence-corrected chi connectivity index (χ3v) is 2.51. The van der Waals surface area contributed by atoms with E-state index in [1.165, 1.54) is 7.11 Å². The van der Waals surface area contributed by atoms with Crippen molar-refractivity contribution < 1.29 is 13.2 Å². The highest BCUT2D eigenvalue weighted by Gasteiger charge is 2.07. The molecule has 0 aliphatic carbocycles. The van der Waals surface area contributed by atoms with E-state index in [0.717, 1.165) is 0 Å². The summed E-state index contributed by atoms with van der Waals surface area (Å²) in [5.74, 6) is 0.270. The van der Waals surface area contributed by atoms with Gasteiger partial charge in [0.25, 0.3) is 0 Å². The SMILES string of the molecule is COCCS(=O)(=O)NCCCl. The number of halogens is 1. The zero-order chi connectivity index (χ0) is 8.74. The molecule has 0 aromatic carbocycles. The van der Waals surface area contributed by atoms with Crippen molar-refractivity contribution in [1.29, 1.82) is 0 Å². The van der Waals surface area contributed by atoms with Gasteiger partial charge in [0, 0.05) is 19.5 Å². The second-order valence-corrected chi connectivity index (χ2v) is 4.20. The monoisotopic (exact) mass is 201 g/mol. The van der Waals surface area contributed by atoms with Crippen molar-refractivity contribution >= 4 is 21.6 Å². The maximum absolute atomic E-state index is 10.9. The molecule has 11 heavy (non-hydrogen) atoms. The maximum Gasteiger partial charge on any atom is 0.213 e. The van der Waals surface area contributed by atoms with Crippen LogP contribution in [0, 0.1) is 0 Å². The molecular formula is C5H12ClNO3S. The molecule has 0 saturated heterocycles. The Balaban J connectivity index is 3.63. The molecule has 0 saturated carbocycles. The van der Waals surface area contributed by atoms with Crippen molar-refractivity contribution in [2.24, 2.45) is 0 Å². The van der Waals surface area contributed by atoms with Gasteiger partial charge in [-0.1, -0.05) is 0 Å². The Bertz CT molecular complexity index is 166. The zero-order valence-corrected chi connectivity index (χ0v) is 7.91. The topological polar surface area (TPSA) is 55.4 Å². The fourth-order valence-electron chi connectivity index (χ4n) is 0.459. The van der Waals surface area contributed by atoms with Crippen LogP contribution in [0.4, 0.5) is 0 Å². The number of hydrogen-bond donors (Lipinski definition) is 1. The number of ether oxygens (including phenoxy) is 1. The molecule has 0 aliphatic rings. The van der Waals surface area contributed by atoms with Crippen molar-refractivity contribution in [2.45, 2.75) is 0 Å². The molecule has 0 aliphatic heterocycles. The second-order valence-electron chi connectivity index (χ2n) is 1.89. The first kappa shape index (κ1) is 11.2. The van der Waals surface area contributed by atoms with Gasteiger partial charge < -0.3 is 4.74 Å². The average Bonchev–Trinajstić information content (AvgIpc) is 1.97. The van der Waals surface area contributed by atoms with E-state index >= 15 is 0 Å². The summed E-state index contributed by atoms with van der Waals surface area (Å²) in [6, 6.07) is 0. The quantitative estimate of drug-likeness (QED) is 0.606. The number of rotatable bonds is 6. The second kappa shape index (κ2) is 5.77. The highest BCUT2D eigenvalue weighted by atomic mass is 35.5. The average molecular weight is 202 g/mol. The summed E-state index contributed by atoms with van der Waals surface area (Å²) >= 11 is 5.28. The minimum atomic E-state index is -3.17. The molecule has 0 amide bonds. The number of methoxy groups -OCH3 is 1. The van der Waals surface area contributed by atoms with E-state index in [4.69, 9.17) is 11.6 Å². The van der Waals surface area contributed by atoms with Crippen molar-refractivity contribution in [3.8, 4) is 0 Å². The molecule has 0 radical (unpaired) electrons. The first-order valence-corrected chi connectivity index (χ1v) is 5.33. The summed E-state index contributed by atoms with van der Waals surface area (Å²) < 4.78 is 28.7. The molecule has 0 fully saturated rings. The molecule has 0 spiro atoms. The molecule has 0 aromatic heterocycles. The fraction of sp³-hybridized carbons (Fsp3) is 1.00. The molecule has 0 bridgehead atoms. The Kier molecular flexibility index (Phi) is 5.85. The van der Waals surface area contributed by atoms with Gasteiger partial charge >= 0.3 is 0 Å². The van der Waals surface area contributed by atoms with Gasteiger partial charge in [0.15, 0.2) is 0 Å². The van der Waals surface area contributed by atoms with Crippen LogP contribution in [-0.2, 0) is 14.8 Å². The van der Waals surface area contributed by atoms with Crippen LogP contribution in [0.1, 0.15) is 0 Å². The van der Waals surface area contributed by atoms with E-state index in [1.807, 2.05) is 0 Å². The number of hydrogen-bond acceptors (Lipinski definition) is 3. The highest BCUT2D eigenvalue weighted by molar-refractivity contribution is 7.89. The van der Waals surface area contributed by atoms with E-state index in [1.54, 1.807) is 0 Å². The summed E-state index contributed by atoms with van der Waals surface area (Å²) in [6.45, 7) is 0.477. The Hall–Kier alpha value is 0.160. The Morgan fingerprint density at radius 3 is 2.64 bits per heavy atom. The molecule has 0 heterocycles. The van der Waals surface area contributed by atoms with Crippen LogP contribution in [-0.4, -0.2) is 40.3 Å². The summed E-state index contributed by atoms with van der Waals surface area (Å²) in [6.07, 6.45) is 0. The van der Waals surface area contributed by atoms with Crippen molar-refractivity contribution in [1.82, 2.24) is 4.72 Å². The van der Waals surface area contributed by atoms with Crippen LogP contribution >= 0.6 is 11.6 Å². The van der Waals surface area contributed by atoms with E-state index < -0.39 is 10.0 Å². The number of alkyl halides is 1. The lowest BCUT2D eigenvalue weighted by Gasteiger charge is -2.02. The van der Waals surface area contributed by atoms with Crippen LogP contribution in [0.2, 0.25) is 0 Å². The van der Waals surface area contributed by atoms with E-state index in [2.05, 4.69) is 9.46 Å². The molecule has 4 nitrogen and oxygen atoms in total. The Morgan fingerprint density at radius 1 is 1.55 bits per heavy atom. The highest BCUT2D eigenvalue weighted by Crippen LogP contribution is 1.84.